The third-order valence-corrected chi connectivity index (χ3v) is 5.07. The molecule has 2 N–H and O–H groups in total. The number of aromatic nitrogens is 2. The molecule has 3 rings (SSSR count). The van der Waals surface area contributed by atoms with Gasteiger partial charge in [0.25, 0.3) is 5.56 Å². The predicted octanol–water partition coefficient (Wildman–Crippen LogP) is 4.35. The van der Waals surface area contributed by atoms with Gasteiger partial charge in [0.05, 0.1) is 22.2 Å². The first-order valence-corrected chi connectivity index (χ1v) is 9.69. The van der Waals surface area contributed by atoms with E-state index in [2.05, 4.69) is 15.3 Å². The Morgan fingerprint density at radius 3 is 2.57 bits per heavy atom. The summed E-state index contributed by atoms with van der Waals surface area (Å²) in [6.07, 6.45) is 0. The molecule has 0 fully saturated rings. The van der Waals surface area contributed by atoms with Gasteiger partial charge in [0, 0.05) is 10.6 Å². The molecule has 0 saturated carbocycles. The Balaban J connectivity index is 1.80. The zero-order chi connectivity index (χ0) is 20.1. The molecule has 0 aliphatic rings. The Labute approximate surface area is 174 Å². The van der Waals surface area contributed by atoms with E-state index in [4.69, 9.17) is 23.2 Å². The number of benzene rings is 2. The fraction of sp³-hybridized carbons (Fsp3) is 0.0526. The Kier molecular flexibility index (Phi) is 6.37. The van der Waals surface area contributed by atoms with Gasteiger partial charge in [-0.1, -0.05) is 59.2 Å². The fourth-order valence-corrected chi connectivity index (χ4v) is 3.29. The quantitative estimate of drug-likeness (QED) is 0.463. The molecule has 0 atom stereocenters. The number of thioether (sulfide) groups is 1. The van der Waals surface area contributed by atoms with Gasteiger partial charge >= 0.3 is 0 Å². The van der Waals surface area contributed by atoms with E-state index in [1.165, 1.54) is 0 Å². The molecule has 140 valence electrons. The minimum absolute atomic E-state index is 0.000120. The Bertz CT molecular complexity index is 1120. The third-order valence-electron chi connectivity index (χ3n) is 3.62. The highest BCUT2D eigenvalue weighted by Gasteiger charge is 2.15. The fourth-order valence-electron chi connectivity index (χ4n) is 2.32. The van der Waals surface area contributed by atoms with Gasteiger partial charge in [-0.2, -0.15) is 5.26 Å². The van der Waals surface area contributed by atoms with Crippen molar-refractivity contribution in [2.45, 2.75) is 5.16 Å². The molecule has 0 spiro atoms. The topological polar surface area (TPSA) is 98.6 Å². The van der Waals surface area contributed by atoms with Gasteiger partial charge in [-0.05, 0) is 24.3 Å². The summed E-state index contributed by atoms with van der Waals surface area (Å²) in [5.41, 5.74) is 0.632. The molecule has 0 radical (unpaired) electrons. The van der Waals surface area contributed by atoms with Crippen molar-refractivity contribution in [2.75, 3.05) is 11.1 Å². The highest BCUT2D eigenvalue weighted by Crippen LogP contribution is 2.24. The number of rotatable bonds is 5. The highest BCUT2D eigenvalue weighted by atomic mass is 35.5. The number of nitriles is 1. The van der Waals surface area contributed by atoms with Crippen LogP contribution in [0.1, 0.15) is 5.56 Å². The first-order valence-electron chi connectivity index (χ1n) is 7.95. The summed E-state index contributed by atoms with van der Waals surface area (Å²) >= 11 is 12.9. The molecule has 3 aromatic rings. The number of para-hydroxylation sites is 1. The number of carbonyl (C=O) groups excluding carboxylic acids is 1. The average molecular weight is 431 g/mol. The van der Waals surface area contributed by atoms with Gasteiger partial charge < -0.3 is 10.3 Å². The van der Waals surface area contributed by atoms with E-state index in [1.54, 1.807) is 48.5 Å². The molecule has 9 heteroatoms. The van der Waals surface area contributed by atoms with Crippen molar-refractivity contribution in [3.63, 3.8) is 0 Å². The standard InChI is InChI=1S/C19H12Cl2N4O2S/c20-12-7-5-11(6-8-12)17-13(9-22)18(27)25-19(24-17)28-10-16(26)23-15-4-2-1-3-14(15)21/h1-8H,10H2,(H,23,26)(H,24,25,27). The van der Waals surface area contributed by atoms with Crippen LogP contribution >= 0.6 is 35.0 Å². The second-order valence-corrected chi connectivity index (χ2v) is 7.34. The number of amides is 1. The highest BCUT2D eigenvalue weighted by molar-refractivity contribution is 7.99. The average Bonchev–Trinajstić information content (AvgIpc) is 2.68. The number of aromatic amines is 1. The van der Waals surface area contributed by atoms with Crippen LogP contribution in [-0.4, -0.2) is 21.6 Å². The van der Waals surface area contributed by atoms with E-state index in [-0.39, 0.29) is 28.1 Å². The number of halogens is 2. The van der Waals surface area contributed by atoms with Crippen molar-refractivity contribution < 1.29 is 4.79 Å². The van der Waals surface area contributed by atoms with E-state index in [1.807, 2.05) is 6.07 Å². The molecule has 0 unspecified atom stereocenters. The Morgan fingerprint density at radius 1 is 1.18 bits per heavy atom. The van der Waals surface area contributed by atoms with E-state index in [9.17, 15) is 14.9 Å². The summed E-state index contributed by atoms with van der Waals surface area (Å²) in [4.78, 5) is 31.3. The molecule has 28 heavy (non-hydrogen) atoms. The van der Waals surface area contributed by atoms with Crippen LogP contribution in [0.25, 0.3) is 11.3 Å². The van der Waals surface area contributed by atoms with Crippen molar-refractivity contribution in [1.29, 1.82) is 5.26 Å². The molecular formula is C19H12Cl2N4O2S. The van der Waals surface area contributed by atoms with Crippen LogP contribution in [-0.2, 0) is 4.79 Å². The van der Waals surface area contributed by atoms with Gasteiger partial charge in [0.1, 0.15) is 11.6 Å². The predicted molar refractivity (Wildman–Crippen MR) is 111 cm³/mol. The smallest absolute Gasteiger partial charge is 0.270 e. The Morgan fingerprint density at radius 2 is 1.89 bits per heavy atom. The zero-order valence-corrected chi connectivity index (χ0v) is 16.5. The maximum atomic E-state index is 12.2. The number of anilines is 1. The zero-order valence-electron chi connectivity index (χ0n) is 14.2. The number of H-pyrrole nitrogens is 1. The van der Waals surface area contributed by atoms with Crippen LogP contribution in [0.15, 0.2) is 58.5 Å². The summed E-state index contributed by atoms with van der Waals surface area (Å²) in [7, 11) is 0. The summed E-state index contributed by atoms with van der Waals surface area (Å²) in [6.45, 7) is 0. The van der Waals surface area contributed by atoms with Crippen molar-refractivity contribution in [3.8, 4) is 17.3 Å². The third kappa shape index (κ3) is 4.73. The molecule has 1 heterocycles. The molecule has 0 aliphatic carbocycles. The van der Waals surface area contributed by atoms with Crippen molar-refractivity contribution in [3.05, 3.63) is 74.5 Å². The molecule has 0 saturated heterocycles. The largest absolute Gasteiger partial charge is 0.324 e. The normalized spacial score (nSPS) is 10.3. The van der Waals surface area contributed by atoms with Crippen LogP contribution in [0, 0.1) is 11.3 Å². The van der Waals surface area contributed by atoms with Crippen molar-refractivity contribution in [1.82, 2.24) is 9.97 Å². The van der Waals surface area contributed by atoms with Crippen molar-refractivity contribution in [2.24, 2.45) is 0 Å². The van der Waals surface area contributed by atoms with E-state index in [0.717, 1.165) is 11.8 Å². The second-order valence-electron chi connectivity index (χ2n) is 5.53. The van der Waals surface area contributed by atoms with Gasteiger partial charge in [-0.15, -0.1) is 0 Å². The molecule has 1 amide bonds. The number of nitrogens with one attached hydrogen (secondary N) is 2. The lowest BCUT2D eigenvalue weighted by Crippen LogP contribution is -2.17. The molecular weight excluding hydrogens is 419 g/mol. The summed E-state index contributed by atoms with van der Waals surface area (Å²) < 4.78 is 0. The molecule has 1 aromatic heterocycles. The number of hydrogen-bond donors (Lipinski definition) is 2. The van der Waals surface area contributed by atoms with E-state index in [0.29, 0.717) is 21.3 Å². The first kappa shape index (κ1) is 20.0. The second kappa shape index (κ2) is 8.93. The summed E-state index contributed by atoms with van der Waals surface area (Å²) in [5.74, 6) is -0.307. The summed E-state index contributed by atoms with van der Waals surface area (Å²) in [6, 6.07) is 15.4. The number of carbonyl (C=O) groups is 1. The van der Waals surface area contributed by atoms with E-state index >= 15 is 0 Å². The molecule has 6 nitrogen and oxygen atoms in total. The van der Waals surface area contributed by atoms with Gasteiger partial charge in [0.15, 0.2) is 5.16 Å². The SMILES string of the molecule is N#Cc1c(-c2ccc(Cl)cc2)nc(SCC(=O)Nc2ccccc2Cl)[nH]c1=O. The van der Waals surface area contributed by atoms with Gasteiger partial charge in [-0.3, -0.25) is 9.59 Å². The lowest BCUT2D eigenvalue weighted by molar-refractivity contribution is -0.113. The van der Waals surface area contributed by atoms with Crippen LogP contribution in [0.5, 0.6) is 0 Å². The molecule has 0 bridgehead atoms. The minimum Gasteiger partial charge on any atom is -0.324 e. The van der Waals surface area contributed by atoms with Gasteiger partial charge in [-0.25, -0.2) is 4.98 Å². The lowest BCUT2D eigenvalue weighted by atomic mass is 10.1. The number of nitrogens with zero attached hydrogens (tertiary/aromatic N) is 2. The molecule has 2 aromatic carbocycles. The van der Waals surface area contributed by atoms with E-state index < -0.39 is 5.56 Å². The maximum Gasteiger partial charge on any atom is 0.270 e. The first-order chi connectivity index (χ1) is 13.5. The lowest BCUT2D eigenvalue weighted by Gasteiger charge is -2.08. The molecule has 0 aliphatic heterocycles. The minimum atomic E-state index is -0.573. The van der Waals surface area contributed by atoms with Crippen LogP contribution in [0.2, 0.25) is 10.0 Å². The monoisotopic (exact) mass is 430 g/mol. The van der Waals surface area contributed by atoms with Gasteiger partial charge in [0.2, 0.25) is 5.91 Å². The van der Waals surface area contributed by atoms with Crippen molar-refractivity contribution >= 4 is 46.6 Å². The van der Waals surface area contributed by atoms with Crippen LogP contribution in [0.3, 0.4) is 0 Å². The number of hydrogen-bond acceptors (Lipinski definition) is 5. The van der Waals surface area contributed by atoms with Crippen LogP contribution < -0.4 is 10.9 Å². The maximum absolute atomic E-state index is 12.2. The summed E-state index contributed by atoms with van der Waals surface area (Å²) in [5, 5.41) is 13.2. The Hall–Kier alpha value is -2.79. The van der Waals surface area contributed by atoms with Crippen LogP contribution in [0.4, 0.5) is 5.69 Å².